The van der Waals surface area contributed by atoms with Crippen molar-refractivity contribution in [2.24, 2.45) is 0 Å². The lowest BCUT2D eigenvalue weighted by Gasteiger charge is -2.30. The van der Waals surface area contributed by atoms with Crippen LogP contribution in [0.5, 0.6) is 0 Å². The normalized spacial score (nSPS) is 12.8. The lowest BCUT2D eigenvalue weighted by molar-refractivity contribution is -0.142. The Bertz CT molecular complexity index is 1210. The molecule has 0 aliphatic rings. The molecule has 0 aliphatic carbocycles. The average molecular weight is 449 g/mol. The molecular formula is C26H32O3Si2. The number of rotatable bonds is 8. The SMILES string of the molecule is C[Si](C)(C)O[Si](C)(C)COC(=O)CCCc1ccc2ccc3cccc4ccc1c2c34. The zero-order valence-corrected chi connectivity index (χ0v) is 21.2. The van der Waals surface area contributed by atoms with E-state index >= 15 is 0 Å². The van der Waals surface area contributed by atoms with Crippen molar-refractivity contribution in [1.82, 2.24) is 0 Å². The predicted octanol–water partition coefficient (Wildman–Crippen LogP) is 7.05. The highest BCUT2D eigenvalue weighted by molar-refractivity contribution is 6.84. The highest BCUT2D eigenvalue weighted by Gasteiger charge is 2.31. The molecule has 0 N–H and O–H groups in total. The lowest BCUT2D eigenvalue weighted by Crippen LogP contribution is -2.46. The molecule has 0 spiro atoms. The van der Waals surface area contributed by atoms with Crippen LogP contribution in [0, 0.1) is 0 Å². The first kappa shape index (κ1) is 22.0. The summed E-state index contributed by atoms with van der Waals surface area (Å²) in [6.07, 6.45) is 2.55. The van der Waals surface area contributed by atoms with Crippen LogP contribution in [0.15, 0.2) is 54.6 Å². The molecule has 4 aromatic carbocycles. The minimum absolute atomic E-state index is 0.113. The number of benzene rings is 4. The Hall–Kier alpha value is -2.22. The van der Waals surface area contributed by atoms with Gasteiger partial charge in [0.1, 0.15) is 6.23 Å². The van der Waals surface area contributed by atoms with Crippen molar-refractivity contribution in [3.05, 3.63) is 60.2 Å². The van der Waals surface area contributed by atoms with Crippen molar-refractivity contribution in [3.63, 3.8) is 0 Å². The Kier molecular flexibility index (Phi) is 5.94. The maximum atomic E-state index is 12.3. The molecule has 3 nitrogen and oxygen atoms in total. The van der Waals surface area contributed by atoms with Crippen LogP contribution >= 0.6 is 0 Å². The first-order valence-electron chi connectivity index (χ1n) is 11.1. The van der Waals surface area contributed by atoms with E-state index in [9.17, 15) is 4.79 Å². The molecule has 4 rings (SSSR count). The quantitative estimate of drug-likeness (QED) is 0.165. The maximum Gasteiger partial charge on any atom is 0.305 e. The molecule has 0 aliphatic heterocycles. The van der Waals surface area contributed by atoms with Crippen LogP contribution in [-0.4, -0.2) is 28.8 Å². The summed E-state index contributed by atoms with van der Waals surface area (Å²) in [6.45, 7) is 10.8. The third-order valence-corrected chi connectivity index (χ3v) is 11.1. The lowest BCUT2D eigenvalue weighted by atomic mass is 9.90. The van der Waals surface area contributed by atoms with Crippen LogP contribution in [-0.2, 0) is 20.1 Å². The Morgan fingerprint density at radius 3 is 2.10 bits per heavy atom. The van der Waals surface area contributed by atoms with Gasteiger partial charge in [0.2, 0.25) is 8.32 Å². The summed E-state index contributed by atoms with van der Waals surface area (Å²) < 4.78 is 11.8. The van der Waals surface area contributed by atoms with Crippen molar-refractivity contribution in [3.8, 4) is 0 Å². The Balaban J connectivity index is 1.43. The number of esters is 1. The van der Waals surface area contributed by atoms with Crippen molar-refractivity contribution in [2.45, 2.75) is 52.0 Å². The molecule has 0 amide bonds. The molecule has 0 unspecified atom stereocenters. The number of hydrogen-bond acceptors (Lipinski definition) is 3. The van der Waals surface area contributed by atoms with Gasteiger partial charge in [0, 0.05) is 6.42 Å². The fraction of sp³-hybridized carbons (Fsp3) is 0.346. The number of carbonyl (C=O) groups excluding carboxylic acids is 1. The van der Waals surface area contributed by atoms with Gasteiger partial charge in [-0.15, -0.1) is 0 Å². The van der Waals surface area contributed by atoms with Crippen molar-refractivity contribution in [2.75, 3.05) is 6.23 Å². The molecule has 0 atom stereocenters. The van der Waals surface area contributed by atoms with E-state index < -0.39 is 16.6 Å². The van der Waals surface area contributed by atoms with Gasteiger partial charge in [0.05, 0.1) is 0 Å². The third kappa shape index (κ3) is 5.00. The minimum atomic E-state index is -1.96. The Morgan fingerprint density at radius 1 is 0.806 bits per heavy atom. The van der Waals surface area contributed by atoms with Crippen molar-refractivity contribution >= 4 is 54.9 Å². The standard InChI is InChI=1S/C26H32O3Si2/c1-30(2,3)29-31(4,5)18-28-24(27)11-7-8-19-12-13-22-15-14-20-9-6-10-21-16-17-23(19)26(22)25(20)21/h6,9-10,12-17H,7-8,11,18H2,1-5H3. The molecule has 5 heteroatoms. The first-order valence-corrected chi connectivity index (χ1v) is 17.7. The molecule has 162 valence electrons. The van der Waals surface area contributed by atoms with E-state index in [2.05, 4.69) is 87.3 Å². The van der Waals surface area contributed by atoms with Crippen LogP contribution in [0.1, 0.15) is 18.4 Å². The zero-order valence-electron chi connectivity index (χ0n) is 19.2. The van der Waals surface area contributed by atoms with Gasteiger partial charge in [0.15, 0.2) is 8.32 Å². The number of aryl methyl sites for hydroxylation is 1. The van der Waals surface area contributed by atoms with Gasteiger partial charge in [-0.2, -0.15) is 0 Å². The topological polar surface area (TPSA) is 35.5 Å². The summed E-state index contributed by atoms with van der Waals surface area (Å²) >= 11 is 0. The van der Waals surface area contributed by atoms with E-state index in [1.54, 1.807) is 0 Å². The molecule has 31 heavy (non-hydrogen) atoms. The zero-order chi connectivity index (χ0) is 22.2. The maximum absolute atomic E-state index is 12.3. The van der Waals surface area contributed by atoms with Crippen LogP contribution in [0.4, 0.5) is 0 Å². The first-order chi connectivity index (χ1) is 14.6. The number of hydrogen-bond donors (Lipinski definition) is 0. The smallest absolute Gasteiger partial charge is 0.305 e. The Labute approximate surface area is 187 Å². The third-order valence-electron chi connectivity index (χ3n) is 5.61. The fourth-order valence-corrected chi connectivity index (χ4v) is 12.0. The van der Waals surface area contributed by atoms with Gasteiger partial charge in [-0.05, 0) is 83.5 Å². The second-order valence-corrected chi connectivity index (χ2v) is 18.9. The van der Waals surface area contributed by atoms with E-state index in [1.165, 1.54) is 37.9 Å². The number of carbonyl (C=O) groups is 1. The predicted molar refractivity (Wildman–Crippen MR) is 136 cm³/mol. The van der Waals surface area contributed by atoms with Crippen LogP contribution in [0.25, 0.3) is 32.3 Å². The molecule has 0 saturated heterocycles. The molecule has 0 radical (unpaired) electrons. The van der Waals surface area contributed by atoms with E-state index in [-0.39, 0.29) is 5.97 Å². The number of ether oxygens (including phenoxy) is 1. The van der Waals surface area contributed by atoms with Gasteiger partial charge in [-0.25, -0.2) is 0 Å². The molecule has 0 bridgehead atoms. The second-order valence-electron chi connectivity index (χ2n) is 10.1. The average Bonchev–Trinajstić information content (AvgIpc) is 2.70. The highest BCUT2D eigenvalue weighted by Crippen LogP contribution is 2.36. The highest BCUT2D eigenvalue weighted by atomic mass is 28.4. The molecule has 4 aromatic rings. The van der Waals surface area contributed by atoms with Gasteiger partial charge in [-0.1, -0.05) is 54.6 Å². The van der Waals surface area contributed by atoms with Crippen LogP contribution in [0.3, 0.4) is 0 Å². The summed E-state index contributed by atoms with van der Waals surface area (Å²) in [6, 6.07) is 19.8. The summed E-state index contributed by atoms with van der Waals surface area (Å²) in [5.41, 5.74) is 1.30. The minimum Gasteiger partial charge on any atom is -0.466 e. The molecular weight excluding hydrogens is 416 g/mol. The largest absolute Gasteiger partial charge is 0.466 e. The van der Waals surface area contributed by atoms with E-state index in [4.69, 9.17) is 8.85 Å². The fourth-order valence-electron chi connectivity index (χ4n) is 4.62. The van der Waals surface area contributed by atoms with Crippen LogP contribution < -0.4 is 0 Å². The van der Waals surface area contributed by atoms with Crippen molar-refractivity contribution < 1.29 is 13.6 Å². The van der Waals surface area contributed by atoms with Gasteiger partial charge in [-0.3, -0.25) is 4.79 Å². The molecule has 0 fully saturated rings. The summed E-state index contributed by atoms with van der Waals surface area (Å²) in [7, 11) is -3.58. The van der Waals surface area contributed by atoms with Crippen LogP contribution in [0.2, 0.25) is 32.7 Å². The van der Waals surface area contributed by atoms with Gasteiger partial charge in [0.25, 0.3) is 0 Å². The second kappa shape index (κ2) is 8.37. The van der Waals surface area contributed by atoms with Crippen molar-refractivity contribution in [1.29, 1.82) is 0 Å². The van der Waals surface area contributed by atoms with E-state index in [0.717, 1.165) is 12.8 Å². The van der Waals surface area contributed by atoms with Gasteiger partial charge < -0.3 is 8.85 Å². The van der Waals surface area contributed by atoms with E-state index in [1.807, 2.05) is 0 Å². The van der Waals surface area contributed by atoms with E-state index in [0.29, 0.717) is 12.7 Å². The summed E-state index contributed by atoms with van der Waals surface area (Å²) in [5, 5.41) is 7.82. The molecule has 0 heterocycles. The Morgan fingerprint density at radius 2 is 1.42 bits per heavy atom. The molecule has 0 saturated carbocycles. The summed E-state index contributed by atoms with van der Waals surface area (Å²) in [5.74, 6) is -0.113. The van der Waals surface area contributed by atoms with Gasteiger partial charge >= 0.3 is 5.97 Å². The molecule has 0 aromatic heterocycles. The monoisotopic (exact) mass is 448 g/mol. The summed E-state index contributed by atoms with van der Waals surface area (Å²) in [4.78, 5) is 12.3.